The van der Waals surface area contributed by atoms with Crippen molar-refractivity contribution in [3.8, 4) is 0 Å². The molecule has 0 saturated carbocycles. The van der Waals surface area contributed by atoms with E-state index < -0.39 is 0 Å². The van der Waals surface area contributed by atoms with Gasteiger partial charge in [-0.15, -0.1) is 11.3 Å². The molecule has 2 heterocycles. The normalized spacial score (nSPS) is 18.0. The fourth-order valence-electron chi connectivity index (χ4n) is 3.28. The number of thiazole rings is 1. The molecule has 3 rings (SSSR count). The Labute approximate surface area is 147 Å². The predicted molar refractivity (Wildman–Crippen MR) is 99.4 cm³/mol. The Morgan fingerprint density at radius 3 is 2.83 bits per heavy atom. The summed E-state index contributed by atoms with van der Waals surface area (Å²) in [5, 5.41) is 2.50. The van der Waals surface area contributed by atoms with Crippen molar-refractivity contribution in [2.75, 3.05) is 30.3 Å². The SMILES string of the molecule is Cc1ccccc1N1CCN(C(=O)CCc2csc(N)n2)[C@@H](C)C1. The molecule has 128 valence electrons. The number of aryl methyl sites for hydroxylation is 2. The molecule has 1 aromatic heterocycles. The molecule has 0 aliphatic carbocycles. The summed E-state index contributed by atoms with van der Waals surface area (Å²) in [7, 11) is 0. The van der Waals surface area contributed by atoms with Gasteiger partial charge < -0.3 is 15.5 Å². The third-order valence-corrected chi connectivity index (χ3v) is 5.29. The fraction of sp³-hybridized carbons (Fsp3) is 0.444. The van der Waals surface area contributed by atoms with E-state index in [4.69, 9.17) is 5.73 Å². The third-order valence-electron chi connectivity index (χ3n) is 4.57. The van der Waals surface area contributed by atoms with Gasteiger partial charge in [-0.3, -0.25) is 4.79 Å². The summed E-state index contributed by atoms with van der Waals surface area (Å²) < 4.78 is 0. The molecule has 1 aliphatic heterocycles. The van der Waals surface area contributed by atoms with Crippen molar-refractivity contribution in [1.82, 2.24) is 9.88 Å². The molecule has 1 atom stereocenters. The van der Waals surface area contributed by atoms with E-state index in [1.165, 1.54) is 22.6 Å². The van der Waals surface area contributed by atoms with Crippen LogP contribution in [0.25, 0.3) is 0 Å². The van der Waals surface area contributed by atoms with Crippen LogP contribution in [0, 0.1) is 6.92 Å². The molecule has 1 aromatic carbocycles. The summed E-state index contributed by atoms with van der Waals surface area (Å²) in [6, 6.07) is 8.65. The van der Waals surface area contributed by atoms with Crippen LogP contribution in [0.3, 0.4) is 0 Å². The van der Waals surface area contributed by atoms with E-state index in [0.29, 0.717) is 18.0 Å². The van der Waals surface area contributed by atoms with Crippen molar-refractivity contribution in [2.45, 2.75) is 32.7 Å². The largest absolute Gasteiger partial charge is 0.375 e. The summed E-state index contributed by atoms with van der Waals surface area (Å²) in [6.45, 7) is 6.79. The highest BCUT2D eigenvalue weighted by atomic mass is 32.1. The first kappa shape index (κ1) is 16.8. The predicted octanol–water partition coefficient (Wildman–Crippen LogP) is 2.70. The molecule has 2 aromatic rings. The molecule has 1 saturated heterocycles. The number of carbonyl (C=O) groups excluding carboxylic acids is 1. The lowest BCUT2D eigenvalue weighted by Crippen LogP contribution is -2.54. The lowest BCUT2D eigenvalue weighted by Gasteiger charge is -2.41. The number of para-hydroxylation sites is 1. The number of benzene rings is 1. The Balaban J connectivity index is 1.57. The van der Waals surface area contributed by atoms with Gasteiger partial charge in [0.05, 0.1) is 5.69 Å². The molecule has 1 aliphatic rings. The lowest BCUT2D eigenvalue weighted by molar-refractivity contribution is -0.133. The number of carbonyl (C=O) groups is 1. The average molecular weight is 344 g/mol. The summed E-state index contributed by atoms with van der Waals surface area (Å²) in [5.41, 5.74) is 9.11. The zero-order valence-corrected chi connectivity index (χ0v) is 15.1. The van der Waals surface area contributed by atoms with Crippen molar-refractivity contribution >= 4 is 28.1 Å². The maximum Gasteiger partial charge on any atom is 0.223 e. The number of piperazine rings is 1. The van der Waals surface area contributed by atoms with E-state index in [9.17, 15) is 4.79 Å². The molecule has 1 amide bonds. The summed E-state index contributed by atoms with van der Waals surface area (Å²) in [5.74, 6) is 0.207. The number of aromatic nitrogens is 1. The van der Waals surface area contributed by atoms with Crippen LogP contribution >= 0.6 is 11.3 Å². The lowest BCUT2D eigenvalue weighted by atomic mass is 10.1. The maximum atomic E-state index is 12.6. The second-order valence-electron chi connectivity index (χ2n) is 6.35. The molecule has 0 spiro atoms. The molecular formula is C18H24N4OS. The highest BCUT2D eigenvalue weighted by Crippen LogP contribution is 2.23. The van der Waals surface area contributed by atoms with E-state index >= 15 is 0 Å². The zero-order valence-electron chi connectivity index (χ0n) is 14.2. The van der Waals surface area contributed by atoms with E-state index in [-0.39, 0.29) is 11.9 Å². The number of amides is 1. The molecule has 2 N–H and O–H groups in total. The van der Waals surface area contributed by atoms with Gasteiger partial charge in [0.1, 0.15) is 0 Å². The maximum absolute atomic E-state index is 12.6. The number of anilines is 2. The summed E-state index contributed by atoms with van der Waals surface area (Å²) in [6.07, 6.45) is 1.16. The minimum atomic E-state index is 0.207. The number of nitrogens with two attached hydrogens (primary N) is 1. The van der Waals surface area contributed by atoms with E-state index in [1.807, 2.05) is 10.3 Å². The monoisotopic (exact) mass is 344 g/mol. The zero-order chi connectivity index (χ0) is 17.1. The van der Waals surface area contributed by atoms with Gasteiger partial charge in [0.15, 0.2) is 5.13 Å². The van der Waals surface area contributed by atoms with Crippen LogP contribution < -0.4 is 10.6 Å². The van der Waals surface area contributed by atoms with Crippen LogP contribution in [0.1, 0.15) is 24.6 Å². The molecule has 0 unspecified atom stereocenters. The summed E-state index contributed by atoms with van der Waals surface area (Å²) >= 11 is 1.43. The van der Waals surface area contributed by atoms with Crippen LogP contribution in [-0.2, 0) is 11.2 Å². The molecule has 0 radical (unpaired) electrons. The second-order valence-corrected chi connectivity index (χ2v) is 7.24. The molecule has 24 heavy (non-hydrogen) atoms. The van der Waals surface area contributed by atoms with Gasteiger partial charge in [0.25, 0.3) is 0 Å². The van der Waals surface area contributed by atoms with Gasteiger partial charge in [-0.1, -0.05) is 18.2 Å². The minimum absolute atomic E-state index is 0.207. The number of hydrogen-bond donors (Lipinski definition) is 1. The smallest absolute Gasteiger partial charge is 0.223 e. The Kier molecular flexibility index (Phi) is 5.04. The van der Waals surface area contributed by atoms with Crippen molar-refractivity contribution in [1.29, 1.82) is 0 Å². The standard InChI is InChI=1S/C18H24N4OS/c1-13-5-3-4-6-16(13)21-9-10-22(14(2)11-21)17(23)8-7-15-12-24-18(19)20-15/h3-6,12,14H,7-11H2,1-2H3,(H2,19,20)/t14-/m0/s1. The van der Waals surface area contributed by atoms with Crippen LogP contribution in [0.4, 0.5) is 10.8 Å². The topological polar surface area (TPSA) is 62.5 Å². The molecule has 6 heteroatoms. The fourth-order valence-corrected chi connectivity index (χ4v) is 3.88. The number of nitrogen functional groups attached to an aromatic ring is 1. The van der Waals surface area contributed by atoms with Gasteiger partial charge >= 0.3 is 0 Å². The quantitative estimate of drug-likeness (QED) is 0.926. The second kappa shape index (κ2) is 7.21. The van der Waals surface area contributed by atoms with Gasteiger partial charge in [0.2, 0.25) is 5.91 Å². The number of nitrogens with zero attached hydrogens (tertiary/aromatic N) is 3. The molecule has 5 nitrogen and oxygen atoms in total. The van der Waals surface area contributed by atoms with Crippen LogP contribution in [-0.4, -0.2) is 41.5 Å². The van der Waals surface area contributed by atoms with Crippen LogP contribution in [0.15, 0.2) is 29.6 Å². The van der Waals surface area contributed by atoms with Gasteiger partial charge in [-0.25, -0.2) is 4.98 Å². The minimum Gasteiger partial charge on any atom is -0.375 e. The highest BCUT2D eigenvalue weighted by Gasteiger charge is 2.27. The van der Waals surface area contributed by atoms with E-state index in [2.05, 4.69) is 48.0 Å². The van der Waals surface area contributed by atoms with Crippen LogP contribution in [0.2, 0.25) is 0 Å². The number of hydrogen-bond acceptors (Lipinski definition) is 5. The summed E-state index contributed by atoms with van der Waals surface area (Å²) in [4.78, 5) is 21.2. The first-order chi connectivity index (χ1) is 11.5. The highest BCUT2D eigenvalue weighted by molar-refractivity contribution is 7.13. The van der Waals surface area contributed by atoms with Gasteiger partial charge in [0, 0.05) is 43.2 Å². The van der Waals surface area contributed by atoms with Gasteiger partial charge in [-0.2, -0.15) is 0 Å². The van der Waals surface area contributed by atoms with Gasteiger partial charge in [-0.05, 0) is 31.9 Å². The van der Waals surface area contributed by atoms with Crippen molar-refractivity contribution in [2.24, 2.45) is 0 Å². The van der Waals surface area contributed by atoms with Crippen molar-refractivity contribution < 1.29 is 4.79 Å². The Morgan fingerprint density at radius 2 is 2.17 bits per heavy atom. The van der Waals surface area contributed by atoms with Crippen molar-refractivity contribution in [3.05, 3.63) is 40.9 Å². The van der Waals surface area contributed by atoms with Crippen LogP contribution in [0.5, 0.6) is 0 Å². The van der Waals surface area contributed by atoms with Crippen molar-refractivity contribution in [3.63, 3.8) is 0 Å². The average Bonchev–Trinajstić information content (AvgIpc) is 2.98. The van der Waals surface area contributed by atoms with E-state index in [0.717, 1.165) is 25.3 Å². The molecule has 1 fully saturated rings. The molecule has 0 bridgehead atoms. The molecular weight excluding hydrogens is 320 g/mol. The first-order valence-corrected chi connectivity index (χ1v) is 9.22. The first-order valence-electron chi connectivity index (χ1n) is 8.34. The Bertz CT molecular complexity index is 715. The van der Waals surface area contributed by atoms with E-state index in [1.54, 1.807) is 0 Å². The Hall–Kier alpha value is -2.08. The Morgan fingerprint density at radius 1 is 1.38 bits per heavy atom. The number of rotatable bonds is 4. The third kappa shape index (κ3) is 3.70.